The van der Waals surface area contributed by atoms with Crippen molar-refractivity contribution in [3.63, 3.8) is 0 Å². The lowest BCUT2D eigenvalue weighted by Gasteiger charge is -2.38. The molecule has 0 spiro atoms. The van der Waals surface area contributed by atoms with Crippen molar-refractivity contribution < 1.29 is 4.74 Å². The molecule has 0 aliphatic carbocycles. The minimum Gasteiger partial charge on any atom is -0.373 e. The fraction of sp³-hybridized carbons (Fsp3) is 0.600. The molecule has 18 heavy (non-hydrogen) atoms. The molecule has 2 aliphatic heterocycles. The van der Waals surface area contributed by atoms with Gasteiger partial charge in [-0.25, -0.2) is 0 Å². The maximum absolute atomic E-state index is 5.76. The van der Waals surface area contributed by atoms with Crippen LogP contribution in [0.5, 0.6) is 0 Å². The first-order chi connectivity index (χ1) is 8.62. The molecule has 1 aromatic rings. The van der Waals surface area contributed by atoms with Crippen LogP contribution in [0.4, 0.5) is 0 Å². The van der Waals surface area contributed by atoms with Crippen molar-refractivity contribution in [1.29, 1.82) is 0 Å². The summed E-state index contributed by atoms with van der Waals surface area (Å²) in [5.74, 6) is 0. The minimum atomic E-state index is -0.00344. The largest absolute Gasteiger partial charge is 0.373 e. The molecule has 2 aliphatic rings. The first-order valence-corrected chi connectivity index (χ1v) is 6.80. The van der Waals surface area contributed by atoms with Gasteiger partial charge in [-0.1, -0.05) is 18.2 Å². The standard InChI is InChI=1S/C15H22N2O/c1-15(2)11-17(5-6-18-15)10-12-3-4-13-8-16-9-14(13)7-12/h3-4,7,16H,5-6,8-11H2,1-2H3. The van der Waals surface area contributed by atoms with Gasteiger partial charge in [0, 0.05) is 32.7 Å². The normalized spacial score (nSPS) is 23.0. The van der Waals surface area contributed by atoms with E-state index >= 15 is 0 Å². The number of ether oxygens (including phenoxy) is 1. The third-order valence-electron chi connectivity index (χ3n) is 3.81. The van der Waals surface area contributed by atoms with Crippen LogP contribution in [0.3, 0.4) is 0 Å². The average molecular weight is 246 g/mol. The Morgan fingerprint density at radius 3 is 2.94 bits per heavy atom. The summed E-state index contributed by atoms with van der Waals surface area (Å²) in [4.78, 5) is 2.49. The summed E-state index contributed by atoms with van der Waals surface area (Å²) in [5.41, 5.74) is 4.35. The lowest BCUT2D eigenvalue weighted by atomic mass is 10.0. The first kappa shape index (κ1) is 12.2. The van der Waals surface area contributed by atoms with Crippen molar-refractivity contribution in [2.75, 3.05) is 19.7 Å². The summed E-state index contributed by atoms with van der Waals surface area (Å²) in [6, 6.07) is 6.91. The van der Waals surface area contributed by atoms with Gasteiger partial charge in [0.05, 0.1) is 12.2 Å². The highest BCUT2D eigenvalue weighted by Gasteiger charge is 2.27. The molecule has 3 heteroatoms. The molecule has 0 bridgehead atoms. The molecule has 3 rings (SSSR count). The number of benzene rings is 1. The number of hydrogen-bond donors (Lipinski definition) is 1. The highest BCUT2D eigenvalue weighted by Crippen LogP contribution is 2.21. The Morgan fingerprint density at radius 2 is 2.11 bits per heavy atom. The maximum Gasteiger partial charge on any atom is 0.0753 e. The Labute approximate surface area is 109 Å². The monoisotopic (exact) mass is 246 g/mol. The quantitative estimate of drug-likeness (QED) is 0.862. The van der Waals surface area contributed by atoms with E-state index in [0.29, 0.717) is 0 Å². The van der Waals surface area contributed by atoms with Gasteiger partial charge >= 0.3 is 0 Å². The molecule has 0 aromatic heterocycles. The van der Waals surface area contributed by atoms with Crippen LogP contribution >= 0.6 is 0 Å². The number of nitrogens with zero attached hydrogens (tertiary/aromatic N) is 1. The summed E-state index contributed by atoms with van der Waals surface area (Å²) >= 11 is 0. The van der Waals surface area contributed by atoms with Crippen LogP contribution in [0.25, 0.3) is 0 Å². The molecular formula is C15H22N2O. The Bertz CT molecular complexity index is 442. The predicted octanol–water partition coefficient (Wildman–Crippen LogP) is 1.90. The molecule has 1 saturated heterocycles. The SMILES string of the molecule is CC1(C)CN(Cc2ccc3c(c2)CNC3)CCO1. The summed E-state index contributed by atoms with van der Waals surface area (Å²) in [7, 11) is 0. The van der Waals surface area contributed by atoms with Crippen LogP contribution in [0.15, 0.2) is 18.2 Å². The van der Waals surface area contributed by atoms with Crippen LogP contribution < -0.4 is 5.32 Å². The van der Waals surface area contributed by atoms with Gasteiger partial charge in [-0.05, 0) is 30.5 Å². The molecule has 98 valence electrons. The number of morpholine rings is 1. The number of rotatable bonds is 2. The number of fused-ring (bicyclic) bond motifs is 1. The lowest BCUT2D eigenvalue weighted by Crippen LogP contribution is -2.47. The summed E-state index contributed by atoms with van der Waals surface area (Å²) in [6.07, 6.45) is 0. The topological polar surface area (TPSA) is 24.5 Å². The van der Waals surface area contributed by atoms with Crippen LogP contribution in [-0.4, -0.2) is 30.2 Å². The van der Waals surface area contributed by atoms with Crippen LogP contribution in [0.2, 0.25) is 0 Å². The van der Waals surface area contributed by atoms with E-state index in [1.54, 1.807) is 0 Å². The Balaban J connectivity index is 1.69. The van der Waals surface area contributed by atoms with Crippen LogP contribution in [0.1, 0.15) is 30.5 Å². The van der Waals surface area contributed by atoms with Crippen LogP contribution in [-0.2, 0) is 24.4 Å². The maximum atomic E-state index is 5.76. The Morgan fingerprint density at radius 1 is 1.28 bits per heavy atom. The zero-order valence-electron chi connectivity index (χ0n) is 11.3. The summed E-state index contributed by atoms with van der Waals surface area (Å²) < 4.78 is 5.76. The highest BCUT2D eigenvalue weighted by molar-refractivity contribution is 5.34. The molecule has 0 atom stereocenters. The van der Waals surface area contributed by atoms with E-state index < -0.39 is 0 Å². The predicted molar refractivity (Wildman–Crippen MR) is 72.3 cm³/mol. The summed E-state index contributed by atoms with van der Waals surface area (Å²) in [5, 5.41) is 3.40. The van der Waals surface area contributed by atoms with Crippen molar-refractivity contribution in [2.24, 2.45) is 0 Å². The van der Waals surface area contributed by atoms with E-state index in [0.717, 1.165) is 39.3 Å². The Kier molecular flexibility index (Phi) is 3.14. The second-order valence-electron chi connectivity index (χ2n) is 6.03. The van der Waals surface area contributed by atoms with Gasteiger partial charge in [0.2, 0.25) is 0 Å². The third kappa shape index (κ3) is 2.58. The number of nitrogens with one attached hydrogen (secondary N) is 1. The van der Waals surface area contributed by atoms with E-state index in [4.69, 9.17) is 4.74 Å². The van der Waals surface area contributed by atoms with Crippen molar-refractivity contribution in [1.82, 2.24) is 10.2 Å². The van der Waals surface area contributed by atoms with Gasteiger partial charge in [-0.2, -0.15) is 0 Å². The van der Waals surface area contributed by atoms with Gasteiger partial charge in [-0.3, -0.25) is 4.90 Å². The van der Waals surface area contributed by atoms with E-state index in [1.807, 2.05) is 0 Å². The van der Waals surface area contributed by atoms with Gasteiger partial charge in [0.25, 0.3) is 0 Å². The van der Waals surface area contributed by atoms with Gasteiger partial charge in [0.1, 0.15) is 0 Å². The molecule has 1 fully saturated rings. The molecule has 2 heterocycles. The van der Waals surface area contributed by atoms with Crippen LogP contribution in [0, 0.1) is 0 Å². The molecule has 1 aromatic carbocycles. The fourth-order valence-corrected chi connectivity index (χ4v) is 2.95. The molecule has 0 saturated carbocycles. The van der Waals surface area contributed by atoms with E-state index in [9.17, 15) is 0 Å². The number of hydrogen-bond acceptors (Lipinski definition) is 3. The molecular weight excluding hydrogens is 224 g/mol. The smallest absolute Gasteiger partial charge is 0.0753 e. The van der Waals surface area contributed by atoms with Gasteiger partial charge in [-0.15, -0.1) is 0 Å². The molecule has 3 nitrogen and oxygen atoms in total. The minimum absolute atomic E-state index is 0.00344. The molecule has 0 radical (unpaired) electrons. The third-order valence-corrected chi connectivity index (χ3v) is 3.81. The summed E-state index contributed by atoms with van der Waals surface area (Å²) in [6.45, 7) is 10.3. The van der Waals surface area contributed by atoms with E-state index in [2.05, 4.69) is 42.3 Å². The zero-order chi connectivity index (χ0) is 12.6. The molecule has 0 amide bonds. The van der Waals surface area contributed by atoms with Crippen molar-refractivity contribution in [3.8, 4) is 0 Å². The Hall–Kier alpha value is -0.900. The average Bonchev–Trinajstić information content (AvgIpc) is 2.74. The molecule has 0 unspecified atom stereocenters. The first-order valence-electron chi connectivity index (χ1n) is 6.80. The van der Waals surface area contributed by atoms with Crippen molar-refractivity contribution >= 4 is 0 Å². The van der Waals surface area contributed by atoms with Gasteiger partial charge in [0.15, 0.2) is 0 Å². The van der Waals surface area contributed by atoms with Gasteiger partial charge < -0.3 is 10.1 Å². The molecule has 1 N–H and O–H groups in total. The van der Waals surface area contributed by atoms with Crippen molar-refractivity contribution in [3.05, 3.63) is 34.9 Å². The zero-order valence-corrected chi connectivity index (χ0v) is 11.3. The second-order valence-corrected chi connectivity index (χ2v) is 6.03. The highest BCUT2D eigenvalue weighted by atomic mass is 16.5. The van der Waals surface area contributed by atoms with Crippen molar-refractivity contribution in [2.45, 2.75) is 39.1 Å². The lowest BCUT2D eigenvalue weighted by molar-refractivity contribution is -0.0882. The fourth-order valence-electron chi connectivity index (χ4n) is 2.95. The second kappa shape index (κ2) is 4.65. The van der Waals surface area contributed by atoms with E-state index in [1.165, 1.54) is 16.7 Å². The van der Waals surface area contributed by atoms with E-state index in [-0.39, 0.29) is 5.60 Å².